The molecule has 0 radical (unpaired) electrons. The fourth-order valence-corrected chi connectivity index (χ4v) is 2.03. The SMILES string of the molecule is CCOC(=O)c1ccc(-c2ccc(CNC(C)CC)o2)cc1. The highest BCUT2D eigenvalue weighted by molar-refractivity contribution is 5.89. The van der Waals surface area contributed by atoms with Crippen LogP contribution in [0.4, 0.5) is 0 Å². The summed E-state index contributed by atoms with van der Waals surface area (Å²) in [5.41, 5.74) is 1.50. The van der Waals surface area contributed by atoms with Crippen LogP contribution < -0.4 is 5.32 Å². The lowest BCUT2D eigenvalue weighted by molar-refractivity contribution is 0.0526. The standard InChI is InChI=1S/C18H23NO3/c1-4-13(3)19-12-16-10-11-17(22-16)14-6-8-15(9-7-14)18(20)21-5-2/h6-11,13,19H,4-5,12H2,1-3H3. The van der Waals surface area contributed by atoms with Crippen LogP contribution in [-0.2, 0) is 11.3 Å². The molecule has 0 bridgehead atoms. The number of ether oxygens (including phenoxy) is 1. The molecule has 0 fully saturated rings. The van der Waals surface area contributed by atoms with Crippen molar-refractivity contribution in [3.63, 3.8) is 0 Å². The summed E-state index contributed by atoms with van der Waals surface area (Å²) in [5, 5.41) is 3.40. The molecule has 2 aromatic rings. The summed E-state index contributed by atoms with van der Waals surface area (Å²) in [5.74, 6) is 1.41. The van der Waals surface area contributed by atoms with E-state index in [1.54, 1.807) is 19.1 Å². The molecule has 0 spiro atoms. The number of carbonyl (C=O) groups excluding carboxylic acids is 1. The third-order valence-corrected chi connectivity index (χ3v) is 3.58. The Morgan fingerprint density at radius 1 is 1.18 bits per heavy atom. The molecule has 0 aliphatic rings. The molecule has 0 aliphatic carbocycles. The second-order valence-corrected chi connectivity index (χ2v) is 5.25. The summed E-state index contributed by atoms with van der Waals surface area (Å²) >= 11 is 0. The van der Waals surface area contributed by atoms with Gasteiger partial charge in [0.25, 0.3) is 0 Å². The normalized spacial score (nSPS) is 12.1. The van der Waals surface area contributed by atoms with Gasteiger partial charge < -0.3 is 14.5 Å². The van der Waals surface area contributed by atoms with Crippen molar-refractivity contribution in [1.82, 2.24) is 5.32 Å². The van der Waals surface area contributed by atoms with Gasteiger partial charge in [-0.25, -0.2) is 4.79 Å². The minimum Gasteiger partial charge on any atom is -0.462 e. The van der Waals surface area contributed by atoms with Crippen LogP contribution in [0.2, 0.25) is 0 Å². The van der Waals surface area contributed by atoms with E-state index >= 15 is 0 Å². The first-order valence-electron chi connectivity index (χ1n) is 7.73. The largest absolute Gasteiger partial charge is 0.462 e. The second kappa shape index (κ2) is 7.80. The van der Waals surface area contributed by atoms with Crippen molar-refractivity contribution in [3.05, 3.63) is 47.7 Å². The van der Waals surface area contributed by atoms with Crippen molar-refractivity contribution in [2.75, 3.05) is 6.61 Å². The number of nitrogens with one attached hydrogen (secondary N) is 1. The van der Waals surface area contributed by atoms with Crippen LogP contribution in [-0.4, -0.2) is 18.6 Å². The molecule has 4 nitrogen and oxygen atoms in total. The van der Waals surface area contributed by atoms with Gasteiger partial charge in [0.15, 0.2) is 0 Å². The summed E-state index contributed by atoms with van der Waals surface area (Å²) in [6.07, 6.45) is 1.09. The smallest absolute Gasteiger partial charge is 0.338 e. The van der Waals surface area contributed by atoms with Gasteiger partial charge in [0.2, 0.25) is 0 Å². The lowest BCUT2D eigenvalue weighted by Gasteiger charge is -2.09. The van der Waals surface area contributed by atoms with Gasteiger partial charge in [0, 0.05) is 11.6 Å². The molecule has 22 heavy (non-hydrogen) atoms. The number of esters is 1. The summed E-state index contributed by atoms with van der Waals surface area (Å²) in [6.45, 7) is 7.19. The highest BCUT2D eigenvalue weighted by Gasteiger charge is 2.09. The average Bonchev–Trinajstić information content (AvgIpc) is 3.02. The van der Waals surface area contributed by atoms with Gasteiger partial charge in [-0.2, -0.15) is 0 Å². The van der Waals surface area contributed by atoms with Crippen LogP contribution in [0.25, 0.3) is 11.3 Å². The first-order valence-corrected chi connectivity index (χ1v) is 7.73. The molecule has 118 valence electrons. The third-order valence-electron chi connectivity index (χ3n) is 3.58. The summed E-state index contributed by atoms with van der Waals surface area (Å²) in [4.78, 5) is 11.6. The molecule has 0 saturated heterocycles. The molecule has 0 aliphatic heterocycles. The van der Waals surface area contributed by atoms with E-state index in [1.807, 2.05) is 24.3 Å². The van der Waals surface area contributed by atoms with Gasteiger partial charge >= 0.3 is 5.97 Å². The maximum absolute atomic E-state index is 11.6. The van der Waals surface area contributed by atoms with Gasteiger partial charge in [0.1, 0.15) is 11.5 Å². The molecule has 0 saturated carbocycles. The Labute approximate surface area is 131 Å². The zero-order valence-corrected chi connectivity index (χ0v) is 13.4. The van der Waals surface area contributed by atoms with Gasteiger partial charge in [-0.15, -0.1) is 0 Å². The summed E-state index contributed by atoms with van der Waals surface area (Å²) < 4.78 is 10.8. The fraction of sp³-hybridized carbons (Fsp3) is 0.389. The van der Waals surface area contributed by atoms with E-state index in [2.05, 4.69) is 19.2 Å². The fourth-order valence-electron chi connectivity index (χ4n) is 2.03. The Hall–Kier alpha value is -2.07. The Morgan fingerprint density at radius 2 is 1.91 bits per heavy atom. The molecule has 4 heteroatoms. The average molecular weight is 301 g/mol. The molecule has 1 aromatic carbocycles. The van der Waals surface area contributed by atoms with E-state index in [0.717, 1.165) is 30.0 Å². The molecular weight excluding hydrogens is 278 g/mol. The highest BCUT2D eigenvalue weighted by Crippen LogP contribution is 2.23. The number of rotatable bonds is 7. The van der Waals surface area contributed by atoms with Crippen LogP contribution in [0.5, 0.6) is 0 Å². The van der Waals surface area contributed by atoms with Crippen molar-refractivity contribution in [1.29, 1.82) is 0 Å². The number of benzene rings is 1. The van der Waals surface area contributed by atoms with E-state index < -0.39 is 0 Å². The minimum atomic E-state index is -0.299. The Kier molecular flexibility index (Phi) is 5.78. The van der Waals surface area contributed by atoms with Crippen molar-refractivity contribution in [2.24, 2.45) is 0 Å². The van der Waals surface area contributed by atoms with Gasteiger partial charge in [-0.3, -0.25) is 0 Å². The lowest BCUT2D eigenvalue weighted by atomic mass is 10.1. The topological polar surface area (TPSA) is 51.5 Å². The maximum Gasteiger partial charge on any atom is 0.338 e. The zero-order chi connectivity index (χ0) is 15.9. The number of hydrogen-bond acceptors (Lipinski definition) is 4. The Balaban J connectivity index is 2.03. The summed E-state index contributed by atoms with van der Waals surface area (Å²) in [7, 11) is 0. The molecule has 1 aromatic heterocycles. The molecule has 0 amide bonds. The molecular formula is C18H23NO3. The quantitative estimate of drug-likeness (QED) is 0.785. The monoisotopic (exact) mass is 301 g/mol. The molecule has 1 unspecified atom stereocenters. The van der Waals surface area contributed by atoms with E-state index in [9.17, 15) is 4.79 Å². The van der Waals surface area contributed by atoms with Gasteiger partial charge in [-0.1, -0.05) is 19.1 Å². The third kappa shape index (κ3) is 4.21. The molecule has 1 atom stereocenters. The molecule has 2 rings (SSSR count). The van der Waals surface area contributed by atoms with Crippen LogP contribution in [0.15, 0.2) is 40.8 Å². The van der Waals surface area contributed by atoms with E-state index in [-0.39, 0.29) is 5.97 Å². The molecule has 1 N–H and O–H groups in total. The van der Waals surface area contributed by atoms with Gasteiger partial charge in [0.05, 0.1) is 18.7 Å². The first kappa shape index (κ1) is 16.3. The van der Waals surface area contributed by atoms with Crippen LogP contribution in [0.3, 0.4) is 0 Å². The number of furan rings is 1. The van der Waals surface area contributed by atoms with E-state index in [0.29, 0.717) is 18.2 Å². The second-order valence-electron chi connectivity index (χ2n) is 5.25. The predicted molar refractivity (Wildman–Crippen MR) is 86.7 cm³/mol. The maximum atomic E-state index is 11.6. The number of carbonyl (C=O) groups is 1. The highest BCUT2D eigenvalue weighted by atomic mass is 16.5. The molecule has 1 heterocycles. The van der Waals surface area contributed by atoms with Gasteiger partial charge in [-0.05, 0) is 44.5 Å². The van der Waals surface area contributed by atoms with E-state index in [1.165, 1.54) is 0 Å². The van der Waals surface area contributed by atoms with Crippen LogP contribution >= 0.6 is 0 Å². The Bertz CT molecular complexity index is 601. The predicted octanol–water partition coefficient (Wildman–Crippen LogP) is 4.01. The zero-order valence-electron chi connectivity index (χ0n) is 13.4. The van der Waals surface area contributed by atoms with Crippen molar-refractivity contribution < 1.29 is 13.9 Å². The van der Waals surface area contributed by atoms with Crippen molar-refractivity contribution >= 4 is 5.97 Å². The van der Waals surface area contributed by atoms with Crippen molar-refractivity contribution in [2.45, 2.75) is 39.8 Å². The van der Waals surface area contributed by atoms with Crippen LogP contribution in [0, 0.1) is 0 Å². The summed E-state index contributed by atoms with van der Waals surface area (Å²) in [6, 6.07) is 11.7. The number of hydrogen-bond donors (Lipinski definition) is 1. The van der Waals surface area contributed by atoms with E-state index in [4.69, 9.17) is 9.15 Å². The van der Waals surface area contributed by atoms with Crippen LogP contribution in [0.1, 0.15) is 43.3 Å². The van der Waals surface area contributed by atoms with Crippen molar-refractivity contribution in [3.8, 4) is 11.3 Å². The minimum absolute atomic E-state index is 0.299. The Morgan fingerprint density at radius 3 is 2.55 bits per heavy atom. The lowest BCUT2D eigenvalue weighted by Crippen LogP contribution is -2.24. The first-order chi connectivity index (χ1) is 10.6.